The van der Waals surface area contributed by atoms with E-state index in [0.29, 0.717) is 18.7 Å². The van der Waals surface area contributed by atoms with Crippen LogP contribution in [0, 0.1) is 116 Å². The summed E-state index contributed by atoms with van der Waals surface area (Å²) in [5.41, 5.74) is -13.6. The van der Waals surface area contributed by atoms with Gasteiger partial charge in [-0.05, 0) is 30.7 Å². The molecule has 1 heterocycles. The monoisotopic (exact) mass is 935 g/mol. The number of carbonyl (C=O) groups excluding carboxylic acids is 1. The number of halogens is 20. The van der Waals surface area contributed by atoms with E-state index in [1.54, 1.807) is 0 Å². The second-order valence-corrected chi connectivity index (χ2v) is 13.1. The standard InChI is InChI=1S/C24BF20.C16H18NO2/c26-5-1(6(27)14(35)21(42)13(5)34)25(2-7(28)15(36)22(43)16(37)8(2)29,3-9(30)17(38)23(44)18(39)10(3)31)4-11(32)19(40)24(45)20(41)12(4)33;1-2-12-19-15-8-6-14(7-9-15)16(18)13-17-10-4-3-5-11-17/h;3-11H,2,12-13H2,1H3/q-1;+1. The number of nitrogens with zero attached hydrogens (tertiary/aromatic N) is 1. The number of Topliss-reactive ketones (excluding diaryl/α,β-unsaturated/α-hetero) is 1. The summed E-state index contributed by atoms with van der Waals surface area (Å²) in [4.78, 5) is 12.1. The minimum absolute atomic E-state index is 0.0956. The van der Waals surface area contributed by atoms with Crippen LogP contribution in [0.3, 0.4) is 0 Å². The highest BCUT2D eigenvalue weighted by Crippen LogP contribution is 2.31. The molecule has 0 aliphatic heterocycles. The van der Waals surface area contributed by atoms with Crippen LogP contribution in [0.5, 0.6) is 5.75 Å². The Morgan fingerprint density at radius 2 is 0.688 bits per heavy atom. The molecule has 0 amide bonds. The molecule has 1 aromatic heterocycles. The van der Waals surface area contributed by atoms with E-state index in [4.69, 9.17) is 4.74 Å². The van der Waals surface area contributed by atoms with Gasteiger partial charge in [-0.1, -0.05) is 13.0 Å². The van der Waals surface area contributed by atoms with Crippen molar-refractivity contribution in [1.29, 1.82) is 0 Å². The van der Waals surface area contributed by atoms with Crippen molar-refractivity contribution < 1.29 is 102 Å². The van der Waals surface area contributed by atoms with E-state index in [9.17, 15) is 57.5 Å². The lowest BCUT2D eigenvalue weighted by Crippen LogP contribution is -2.81. The van der Waals surface area contributed by atoms with Gasteiger partial charge in [0.15, 0.2) is 82.2 Å². The lowest BCUT2D eigenvalue weighted by atomic mass is 9.12. The third kappa shape index (κ3) is 7.97. The van der Waals surface area contributed by atoms with Crippen molar-refractivity contribution in [3.63, 3.8) is 0 Å². The smallest absolute Gasteiger partial charge is 0.227 e. The molecule has 0 aliphatic carbocycles. The zero-order chi connectivity index (χ0) is 47.9. The average molecular weight is 935 g/mol. The molecule has 5 aromatic carbocycles. The van der Waals surface area contributed by atoms with Gasteiger partial charge in [0, 0.05) is 17.7 Å². The Hall–Kier alpha value is -6.62. The fourth-order valence-electron chi connectivity index (χ4n) is 6.63. The highest BCUT2D eigenvalue weighted by molar-refractivity contribution is 7.20. The van der Waals surface area contributed by atoms with Crippen molar-refractivity contribution >= 4 is 33.8 Å². The van der Waals surface area contributed by atoms with Crippen LogP contribution in [0.15, 0.2) is 54.9 Å². The largest absolute Gasteiger partial charge is 0.494 e. The molecule has 338 valence electrons. The quantitative estimate of drug-likeness (QED) is 0.0345. The van der Waals surface area contributed by atoms with Crippen molar-refractivity contribution in [2.45, 2.75) is 19.9 Å². The van der Waals surface area contributed by atoms with Crippen molar-refractivity contribution in [3.05, 3.63) is 177 Å². The number of hydrogen-bond acceptors (Lipinski definition) is 2. The molecule has 6 rings (SSSR count). The summed E-state index contributed by atoms with van der Waals surface area (Å²) in [5, 5.41) is 0. The second kappa shape index (κ2) is 18.6. The van der Waals surface area contributed by atoms with Crippen molar-refractivity contribution in [2.24, 2.45) is 0 Å². The van der Waals surface area contributed by atoms with Gasteiger partial charge in [0.2, 0.25) is 12.3 Å². The van der Waals surface area contributed by atoms with Gasteiger partial charge in [0.25, 0.3) is 0 Å². The number of pyridine rings is 1. The Bertz CT molecular complexity index is 2430. The van der Waals surface area contributed by atoms with E-state index >= 15 is 35.1 Å². The number of ketones is 1. The normalized spacial score (nSPS) is 11.5. The minimum atomic E-state index is -7.22. The van der Waals surface area contributed by atoms with Crippen LogP contribution in [-0.2, 0) is 6.54 Å². The van der Waals surface area contributed by atoms with E-state index in [2.05, 4.69) is 6.92 Å². The van der Waals surface area contributed by atoms with Gasteiger partial charge in [-0.2, -0.15) is 4.57 Å². The first-order valence-electron chi connectivity index (χ1n) is 17.4. The first-order chi connectivity index (χ1) is 30.0. The van der Waals surface area contributed by atoms with Crippen LogP contribution in [-0.4, -0.2) is 18.5 Å². The van der Waals surface area contributed by atoms with Crippen LogP contribution in [0.4, 0.5) is 87.8 Å². The maximum Gasteiger partial charge on any atom is 0.227 e. The number of rotatable bonds is 10. The maximum absolute atomic E-state index is 15.4. The molecule has 0 atom stereocenters. The molecular weight excluding hydrogens is 917 g/mol. The number of ether oxygens (including phenoxy) is 1. The predicted octanol–water partition coefficient (Wildman–Crippen LogP) is 8.49. The molecule has 64 heavy (non-hydrogen) atoms. The molecule has 0 bridgehead atoms. The average Bonchev–Trinajstić information content (AvgIpc) is 3.28. The zero-order valence-corrected chi connectivity index (χ0v) is 31.2. The first-order valence-corrected chi connectivity index (χ1v) is 17.4. The molecular formula is C40H18BF20NO2. The highest BCUT2D eigenvalue weighted by Gasteiger charge is 2.52. The SMILES string of the molecule is CCCOc1ccc(C(=O)C[n+]2ccccc2)cc1.Fc1c(F)c(F)c([B-](c2c(F)c(F)c(F)c(F)c2F)(c2c(F)c(F)c(F)c(F)c2F)c2c(F)c(F)c(F)c(F)c2F)c(F)c1F. The molecule has 0 fully saturated rings. The third-order valence-electron chi connectivity index (χ3n) is 9.46. The van der Waals surface area contributed by atoms with Gasteiger partial charge in [-0.25, -0.2) is 87.8 Å². The topological polar surface area (TPSA) is 30.2 Å². The lowest BCUT2D eigenvalue weighted by Gasteiger charge is -2.44. The fraction of sp³-hybridized carbons (Fsp3) is 0.100. The van der Waals surface area contributed by atoms with E-state index in [0.717, 1.165) is 12.2 Å². The van der Waals surface area contributed by atoms with E-state index in [-0.39, 0.29) is 5.78 Å². The summed E-state index contributed by atoms with van der Waals surface area (Å²) in [6, 6.07) is 13.1. The lowest BCUT2D eigenvalue weighted by molar-refractivity contribution is -0.683. The molecule has 3 nitrogen and oxygen atoms in total. The molecule has 0 saturated carbocycles. The number of hydrogen-bond donors (Lipinski definition) is 0. The van der Waals surface area contributed by atoms with Crippen molar-refractivity contribution in [3.8, 4) is 5.75 Å². The van der Waals surface area contributed by atoms with Crippen LogP contribution >= 0.6 is 0 Å². The third-order valence-corrected chi connectivity index (χ3v) is 9.46. The Labute approximate surface area is 344 Å². The van der Waals surface area contributed by atoms with Gasteiger partial charge in [0.1, 0.15) is 58.4 Å². The number of aromatic nitrogens is 1. The summed E-state index contributed by atoms with van der Waals surface area (Å²) in [6.45, 7) is 3.12. The molecule has 0 N–H and O–H groups in total. The van der Waals surface area contributed by atoms with Gasteiger partial charge < -0.3 is 4.74 Å². The first kappa shape index (κ1) is 48.4. The van der Waals surface area contributed by atoms with Crippen LogP contribution in [0.1, 0.15) is 23.7 Å². The zero-order valence-electron chi connectivity index (χ0n) is 31.2. The second-order valence-electron chi connectivity index (χ2n) is 13.1. The Balaban J connectivity index is 0.000000337. The van der Waals surface area contributed by atoms with E-state index in [1.165, 1.54) is 0 Å². The number of carbonyl (C=O) groups is 1. The summed E-state index contributed by atoms with van der Waals surface area (Å²) >= 11 is 0. The van der Waals surface area contributed by atoms with Gasteiger partial charge >= 0.3 is 0 Å². The Morgan fingerprint density at radius 3 is 0.953 bits per heavy atom. The van der Waals surface area contributed by atoms with Crippen molar-refractivity contribution in [2.75, 3.05) is 6.61 Å². The maximum atomic E-state index is 15.4. The Kier molecular flexibility index (Phi) is 14.1. The molecule has 0 spiro atoms. The summed E-state index contributed by atoms with van der Waals surface area (Å²) in [7, 11) is 0. The molecule has 0 saturated heterocycles. The number of benzene rings is 5. The Morgan fingerprint density at radius 1 is 0.422 bits per heavy atom. The van der Waals surface area contributed by atoms with Crippen LogP contribution < -0.4 is 31.2 Å². The van der Waals surface area contributed by atoms with Gasteiger partial charge in [0.05, 0.1) is 6.61 Å². The molecule has 0 aliphatic rings. The van der Waals surface area contributed by atoms with Gasteiger partial charge in [-0.15, -0.1) is 21.9 Å². The van der Waals surface area contributed by atoms with Crippen LogP contribution in [0.2, 0.25) is 0 Å². The summed E-state index contributed by atoms with van der Waals surface area (Å²) in [6.07, 6.45) is -2.47. The minimum Gasteiger partial charge on any atom is -0.494 e. The molecule has 0 unspecified atom stereocenters. The van der Waals surface area contributed by atoms with Gasteiger partial charge in [-0.3, -0.25) is 4.79 Å². The molecule has 24 heteroatoms. The van der Waals surface area contributed by atoms with Crippen LogP contribution in [0.25, 0.3) is 0 Å². The predicted molar refractivity (Wildman–Crippen MR) is 182 cm³/mol. The fourth-order valence-corrected chi connectivity index (χ4v) is 6.63. The highest BCUT2D eigenvalue weighted by atomic mass is 19.2. The van der Waals surface area contributed by atoms with E-state index in [1.807, 2.05) is 59.4 Å². The summed E-state index contributed by atoms with van der Waals surface area (Å²) < 4.78 is 301. The van der Waals surface area contributed by atoms with E-state index < -0.39 is 144 Å². The van der Waals surface area contributed by atoms with Crippen molar-refractivity contribution in [1.82, 2.24) is 0 Å². The molecule has 0 radical (unpaired) electrons. The summed E-state index contributed by atoms with van der Waals surface area (Å²) in [5.74, 6) is -70.5. The molecule has 6 aromatic rings.